The fraction of sp³-hybridized carbons (Fsp3) is 0.562. The second-order valence-electron chi connectivity index (χ2n) is 5.35. The van der Waals surface area contributed by atoms with Crippen molar-refractivity contribution < 1.29 is 19.4 Å². The molecule has 1 unspecified atom stereocenters. The Kier molecular flexibility index (Phi) is 5.41. The van der Waals surface area contributed by atoms with Crippen LogP contribution in [0.15, 0.2) is 18.2 Å². The smallest absolute Gasteiger partial charge is 0.171 e. The molecule has 0 bridgehead atoms. The van der Waals surface area contributed by atoms with Crippen LogP contribution in [0.3, 0.4) is 0 Å². The SMILES string of the molecule is COc1cccc(C=O)c1OCC(O)CC1CCCC1. The van der Waals surface area contributed by atoms with Crippen molar-refractivity contribution in [3.8, 4) is 11.5 Å². The van der Waals surface area contributed by atoms with Crippen LogP contribution < -0.4 is 9.47 Å². The van der Waals surface area contributed by atoms with Crippen LogP contribution in [-0.2, 0) is 0 Å². The molecule has 4 heteroatoms. The number of hydrogen-bond acceptors (Lipinski definition) is 4. The number of hydrogen-bond donors (Lipinski definition) is 1. The molecular weight excluding hydrogens is 256 g/mol. The van der Waals surface area contributed by atoms with Gasteiger partial charge >= 0.3 is 0 Å². The van der Waals surface area contributed by atoms with Gasteiger partial charge in [0.2, 0.25) is 0 Å². The molecule has 1 aromatic rings. The van der Waals surface area contributed by atoms with E-state index in [9.17, 15) is 9.90 Å². The third kappa shape index (κ3) is 3.73. The number of aliphatic hydroxyl groups is 1. The van der Waals surface area contributed by atoms with E-state index in [0.29, 0.717) is 23.0 Å². The normalized spacial score (nSPS) is 16.9. The number of para-hydroxylation sites is 1. The van der Waals surface area contributed by atoms with Crippen LogP contribution in [0, 0.1) is 5.92 Å². The monoisotopic (exact) mass is 278 g/mol. The lowest BCUT2D eigenvalue weighted by atomic mass is 10.0. The molecule has 2 rings (SSSR count). The topological polar surface area (TPSA) is 55.8 Å². The highest BCUT2D eigenvalue weighted by Crippen LogP contribution is 2.31. The van der Waals surface area contributed by atoms with E-state index in [1.807, 2.05) is 0 Å². The van der Waals surface area contributed by atoms with Gasteiger partial charge in [0.1, 0.15) is 6.61 Å². The molecule has 1 fully saturated rings. The zero-order valence-electron chi connectivity index (χ0n) is 11.9. The van der Waals surface area contributed by atoms with Gasteiger partial charge in [-0.25, -0.2) is 0 Å². The van der Waals surface area contributed by atoms with Crippen molar-refractivity contribution in [1.82, 2.24) is 0 Å². The van der Waals surface area contributed by atoms with E-state index in [-0.39, 0.29) is 6.61 Å². The highest BCUT2D eigenvalue weighted by molar-refractivity contribution is 5.81. The summed E-state index contributed by atoms with van der Waals surface area (Å²) in [6.07, 6.45) is 5.94. The molecule has 1 N–H and O–H groups in total. The maximum atomic E-state index is 11.0. The quantitative estimate of drug-likeness (QED) is 0.779. The van der Waals surface area contributed by atoms with Gasteiger partial charge in [-0.1, -0.05) is 31.7 Å². The number of aliphatic hydroxyl groups excluding tert-OH is 1. The van der Waals surface area contributed by atoms with E-state index >= 15 is 0 Å². The molecule has 1 aromatic carbocycles. The molecule has 1 aliphatic carbocycles. The fourth-order valence-electron chi connectivity index (χ4n) is 2.82. The number of methoxy groups -OCH3 is 1. The maximum absolute atomic E-state index is 11.0. The molecule has 0 heterocycles. The Morgan fingerprint density at radius 3 is 2.80 bits per heavy atom. The van der Waals surface area contributed by atoms with E-state index in [2.05, 4.69) is 0 Å². The summed E-state index contributed by atoms with van der Waals surface area (Å²) in [4.78, 5) is 11.0. The van der Waals surface area contributed by atoms with Crippen LogP contribution in [0.2, 0.25) is 0 Å². The summed E-state index contributed by atoms with van der Waals surface area (Å²) in [5.74, 6) is 1.54. The molecule has 0 radical (unpaired) electrons. The van der Waals surface area contributed by atoms with E-state index < -0.39 is 6.10 Å². The lowest BCUT2D eigenvalue weighted by molar-refractivity contribution is 0.0832. The van der Waals surface area contributed by atoms with Gasteiger partial charge in [0.15, 0.2) is 17.8 Å². The van der Waals surface area contributed by atoms with Crippen molar-refractivity contribution in [2.75, 3.05) is 13.7 Å². The van der Waals surface area contributed by atoms with E-state index in [1.54, 1.807) is 18.2 Å². The first-order chi connectivity index (χ1) is 9.74. The molecule has 20 heavy (non-hydrogen) atoms. The number of benzene rings is 1. The minimum atomic E-state index is -0.498. The van der Waals surface area contributed by atoms with Crippen LogP contribution in [0.4, 0.5) is 0 Å². The Morgan fingerprint density at radius 1 is 1.40 bits per heavy atom. The average Bonchev–Trinajstić information content (AvgIpc) is 2.97. The summed E-state index contributed by atoms with van der Waals surface area (Å²) in [5.41, 5.74) is 0.442. The molecule has 0 spiro atoms. The fourth-order valence-corrected chi connectivity index (χ4v) is 2.82. The molecule has 0 saturated heterocycles. The van der Waals surface area contributed by atoms with Gasteiger partial charge in [0.25, 0.3) is 0 Å². The zero-order chi connectivity index (χ0) is 14.4. The molecule has 110 valence electrons. The Morgan fingerprint density at radius 2 is 2.15 bits per heavy atom. The van der Waals surface area contributed by atoms with Gasteiger partial charge in [-0.15, -0.1) is 0 Å². The summed E-state index contributed by atoms with van der Waals surface area (Å²) in [6.45, 7) is 0.192. The number of rotatable bonds is 7. The summed E-state index contributed by atoms with van der Waals surface area (Å²) in [6, 6.07) is 5.16. The summed E-state index contributed by atoms with van der Waals surface area (Å²) in [7, 11) is 1.53. The van der Waals surface area contributed by atoms with Crippen molar-refractivity contribution in [3.63, 3.8) is 0 Å². The van der Waals surface area contributed by atoms with Crippen LogP contribution in [0.1, 0.15) is 42.5 Å². The minimum absolute atomic E-state index is 0.192. The lowest BCUT2D eigenvalue weighted by Crippen LogP contribution is -2.21. The van der Waals surface area contributed by atoms with Gasteiger partial charge in [-0.3, -0.25) is 4.79 Å². The van der Waals surface area contributed by atoms with Crippen LogP contribution in [-0.4, -0.2) is 31.2 Å². The van der Waals surface area contributed by atoms with Gasteiger partial charge < -0.3 is 14.6 Å². The predicted molar refractivity (Wildman–Crippen MR) is 76.5 cm³/mol. The second kappa shape index (κ2) is 7.29. The molecular formula is C16H22O4. The van der Waals surface area contributed by atoms with Gasteiger partial charge in [0.05, 0.1) is 18.8 Å². The highest BCUT2D eigenvalue weighted by Gasteiger charge is 2.20. The largest absolute Gasteiger partial charge is 0.493 e. The lowest BCUT2D eigenvalue weighted by Gasteiger charge is -2.18. The minimum Gasteiger partial charge on any atom is -0.493 e. The third-order valence-corrected chi connectivity index (χ3v) is 3.86. The number of ether oxygens (including phenoxy) is 2. The van der Waals surface area contributed by atoms with E-state index in [0.717, 1.165) is 12.7 Å². The molecule has 1 saturated carbocycles. The van der Waals surface area contributed by atoms with E-state index in [4.69, 9.17) is 9.47 Å². The molecule has 4 nitrogen and oxygen atoms in total. The van der Waals surface area contributed by atoms with Crippen molar-refractivity contribution in [2.24, 2.45) is 5.92 Å². The van der Waals surface area contributed by atoms with Gasteiger partial charge in [-0.2, -0.15) is 0 Å². The zero-order valence-corrected chi connectivity index (χ0v) is 11.9. The third-order valence-electron chi connectivity index (χ3n) is 3.86. The molecule has 1 aliphatic rings. The maximum Gasteiger partial charge on any atom is 0.171 e. The highest BCUT2D eigenvalue weighted by atomic mass is 16.5. The average molecular weight is 278 g/mol. The number of aldehydes is 1. The Balaban J connectivity index is 1.93. The van der Waals surface area contributed by atoms with Crippen LogP contribution in [0.5, 0.6) is 11.5 Å². The van der Waals surface area contributed by atoms with Gasteiger partial charge in [-0.05, 0) is 24.5 Å². The molecule has 0 aliphatic heterocycles. The van der Waals surface area contributed by atoms with Gasteiger partial charge in [0, 0.05) is 0 Å². The summed E-state index contributed by atoms with van der Waals surface area (Å²) < 4.78 is 10.8. The standard InChI is InChI=1S/C16H22O4/c1-19-15-8-4-7-13(10-17)16(15)20-11-14(18)9-12-5-2-3-6-12/h4,7-8,10,12,14,18H,2-3,5-6,9,11H2,1H3. The van der Waals surface area contributed by atoms with Crippen molar-refractivity contribution >= 4 is 6.29 Å². The van der Waals surface area contributed by atoms with Crippen molar-refractivity contribution in [1.29, 1.82) is 0 Å². The molecule has 0 amide bonds. The Bertz CT molecular complexity index is 438. The summed E-state index contributed by atoms with van der Waals surface area (Å²) in [5, 5.41) is 10.0. The predicted octanol–water partition coefficient (Wildman–Crippen LogP) is 2.83. The molecule has 0 aromatic heterocycles. The van der Waals surface area contributed by atoms with Crippen molar-refractivity contribution in [2.45, 2.75) is 38.2 Å². The van der Waals surface area contributed by atoms with Crippen LogP contribution in [0.25, 0.3) is 0 Å². The van der Waals surface area contributed by atoms with E-state index in [1.165, 1.54) is 32.8 Å². The first kappa shape index (κ1) is 14.9. The first-order valence-electron chi connectivity index (χ1n) is 7.17. The Hall–Kier alpha value is -1.55. The number of carbonyl (C=O) groups excluding carboxylic acids is 1. The molecule has 1 atom stereocenters. The Labute approximate surface area is 119 Å². The van der Waals surface area contributed by atoms with Crippen molar-refractivity contribution in [3.05, 3.63) is 23.8 Å². The van der Waals surface area contributed by atoms with Crippen LogP contribution >= 0.6 is 0 Å². The first-order valence-corrected chi connectivity index (χ1v) is 7.17. The summed E-state index contributed by atoms with van der Waals surface area (Å²) >= 11 is 0. The number of carbonyl (C=O) groups is 1. The second-order valence-corrected chi connectivity index (χ2v) is 5.35.